The van der Waals surface area contributed by atoms with E-state index < -0.39 is 23.5 Å². The summed E-state index contributed by atoms with van der Waals surface area (Å²) in [6.07, 6.45) is -0.351. The van der Waals surface area contributed by atoms with Crippen molar-refractivity contribution in [3.63, 3.8) is 0 Å². The first-order valence-electron chi connectivity index (χ1n) is 9.80. The van der Waals surface area contributed by atoms with E-state index in [1.807, 2.05) is 0 Å². The van der Waals surface area contributed by atoms with Crippen molar-refractivity contribution >= 4 is 23.3 Å². The van der Waals surface area contributed by atoms with Gasteiger partial charge in [-0.25, -0.2) is 8.78 Å². The predicted molar refractivity (Wildman–Crippen MR) is 110 cm³/mol. The summed E-state index contributed by atoms with van der Waals surface area (Å²) in [6.45, 7) is 2.26. The summed E-state index contributed by atoms with van der Waals surface area (Å²) < 4.78 is 39.3. The minimum absolute atomic E-state index is 0.0510. The molecule has 3 rings (SSSR count). The summed E-state index contributed by atoms with van der Waals surface area (Å²) >= 11 is 5.88. The fourth-order valence-corrected chi connectivity index (χ4v) is 3.44. The van der Waals surface area contributed by atoms with Gasteiger partial charge in [-0.05, 0) is 29.8 Å². The number of hydrogen-bond acceptors (Lipinski definition) is 5. The maximum Gasteiger partial charge on any atom is 0.227 e. The Morgan fingerprint density at radius 2 is 1.97 bits per heavy atom. The molecule has 2 aromatic carbocycles. The lowest BCUT2D eigenvalue weighted by atomic mass is 10.1. The average Bonchev–Trinajstić information content (AvgIpc) is 2.75. The van der Waals surface area contributed by atoms with Crippen LogP contribution in [0.3, 0.4) is 0 Å². The summed E-state index contributed by atoms with van der Waals surface area (Å²) in [6, 6.07) is 6.45. The number of amides is 1. The van der Waals surface area contributed by atoms with Crippen LogP contribution in [0, 0.1) is 11.6 Å². The fraction of sp³-hybridized carbons (Fsp3) is 0.364. The van der Waals surface area contributed by atoms with E-state index in [1.165, 1.54) is 12.1 Å². The van der Waals surface area contributed by atoms with Crippen LogP contribution in [0.25, 0.3) is 0 Å². The number of benzene rings is 2. The van der Waals surface area contributed by atoms with E-state index >= 15 is 0 Å². The topological polar surface area (TPSA) is 76.1 Å². The number of rotatable bonds is 7. The van der Waals surface area contributed by atoms with E-state index in [0.717, 1.165) is 12.1 Å². The third-order valence-electron chi connectivity index (χ3n) is 4.91. The van der Waals surface area contributed by atoms with Crippen LogP contribution in [0.4, 0.5) is 8.78 Å². The monoisotopic (exact) mass is 453 g/mol. The molecule has 0 radical (unpaired) electrons. The van der Waals surface area contributed by atoms with Gasteiger partial charge in [0.25, 0.3) is 0 Å². The number of aromatic hydroxyl groups is 1. The van der Waals surface area contributed by atoms with Gasteiger partial charge in [0.15, 0.2) is 23.2 Å². The Kier molecular flexibility index (Phi) is 7.46. The maximum atomic E-state index is 14.2. The van der Waals surface area contributed by atoms with Crippen LogP contribution < -0.4 is 4.74 Å². The van der Waals surface area contributed by atoms with E-state index in [0.29, 0.717) is 12.1 Å². The zero-order valence-electron chi connectivity index (χ0n) is 16.9. The summed E-state index contributed by atoms with van der Waals surface area (Å²) in [5, 5.41) is 9.64. The number of phenolic OH excluding ortho intramolecular Hbond substituents is 1. The second-order valence-corrected chi connectivity index (χ2v) is 7.56. The van der Waals surface area contributed by atoms with Gasteiger partial charge in [-0.1, -0.05) is 24.6 Å². The number of ketones is 1. The highest BCUT2D eigenvalue weighted by Gasteiger charge is 2.26. The standard InChI is InChI=1S/C22H22ClF2NO5/c1-2-19(27)14-9-17(24)22(18(25)10-14)31-12-15-11-26(5-6-30-15)21(29)8-13-3-4-20(28)16(23)7-13/h3-4,7,9-10,15,28H,2,5-6,8,11-12H2,1H3. The number of ether oxygens (including phenoxy) is 2. The van der Waals surface area contributed by atoms with Gasteiger partial charge in [-0.3, -0.25) is 9.59 Å². The third kappa shape index (κ3) is 5.71. The van der Waals surface area contributed by atoms with Gasteiger partial charge in [0, 0.05) is 18.5 Å². The smallest absolute Gasteiger partial charge is 0.227 e. The van der Waals surface area contributed by atoms with Gasteiger partial charge in [-0.2, -0.15) is 0 Å². The molecule has 0 bridgehead atoms. The number of hydrogen-bond donors (Lipinski definition) is 1. The molecule has 1 N–H and O–H groups in total. The highest BCUT2D eigenvalue weighted by atomic mass is 35.5. The molecule has 1 heterocycles. The lowest BCUT2D eigenvalue weighted by molar-refractivity contribution is -0.139. The van der Waals surface area contributed by atoms with Gasteiger partial charge >= 0.3 is 0 Å². The molecule has 6 nitrogen and oxygen atoms in total. The lowest BCUT2D eigenvalue weighted by Gasteiger charge is -2.33. The van der Waals surface area contributed by atoms with Crippen LogP contribution in [-0.2, 0) is 16.0 Å². The van der Waals surface area contributed by atoms with Crippen LogP contribution >= 0.6 is 11.6 Å². The van der Waals surface area contributed by atoms with Gasteiger partial charge in [0.05, 0.1) is 24.6 Å². The Morgan fingerprint density at radius 3 is 2.61 bits per heavy atom. The van der Waals surface area contributed by atoms with E-state index in [-0.39, 0.29) is 60.6 Å². The Labute approximate surface area is 183 Å². The predicted octanol–water partition coefficient (Wildman–Crippen LogP) is 3.77. The molecule has 0 aromatic heterocycles. The fourth-order valence-electron chi connectivity index (χ4n) is 3.23. The van der Waals surface area contributed by atoms with Crippen molar-refractivity contribution in [3.05, 3.63) is 58.1 Å². The molecule has 31 heavy (non-hydrogen) atoms. The normalized spacial score (nSPS) is 16.3. The summed E-state index contributed by atoms with van der Waals surface area (Å²) in [7, 11) is 0. The van der Waals surface area contributed by atoms with E-state index in [1.54, 1.807) is 17.9 Å². The lowest BCUT2D eigenvalue weighted by Crippen LogP contribution is -2.48. The molecule has 0 spiro atoms. The molecule has 1 atom stereocenters. The van der Waals surface area contributed by atoms with E-state index in [2.05, 4.69) is 0 Å². The van der Waals surface area contributed by atoms with Gasteiger partial charge in [-0.15, -0.1) is 0 Å². The van der Waals surface area contributed by atoms with E-state index in [9.17, 15) is 23.5 Å². The minimum atomic E-state index is -0.968. The van der Waals surface area contributed by atoms with Crippen LogP contribution in [0.2, 0.25) is 5.02 Å². The van der Waals surface area contributed by atoms with Gasteiger partial charge in [0.1, 0.15) is 18.5 Å². The van der Waals surface area contributed by atoms with Crippen LogP contribution in [0.1, 0.15) is 29.3 Å². The number of carbonyl (C=O) groups is 2. The van der Waals surface area contributed by atoms with Crippen molar-refractivity contribution in [2.24, 2.45) is 0 Å². The molecule has 1 unspecified atom stereocenters. The number of Topliss-reactive ketones (excluding diaryl/α,β-unsaturated/α-hetero) is 1. The van der Waals surface area contributed by atoms with Gasteiger partial charge < -0.3 is 19.5 Å². The SMILES string of the molecule is CCC(=O)c1cc(F)c(OCC2CN(C(=O)Cc3ccc(O)c(Cl)c3)CCO2)c(F)c1. The van der Waals surface area contributed by atoms with Crippen molar-refractivity contribution in [2.75, 3.05) is 26.3 Å². The van der Waals surface area contributed by atoms with Crippen molar-refractivity contribution in [1.29, 1.82) is 0 Å². The highest BCUT2D eigenvalue weighted by molar-refractivity contribution is 6.32. The molecule has 0 aliphatic carbocycles. The number of morpholine rings is 1. The second kappa shape index (κ2) is 10.1. The van der Waals surface area contributed by atoms with E-state index in [4.69, 9.17) is 21.1 Å². The van der Waals surface area contributed by atoms with Crippen molar-refractivity contribution < 1.29 is 33.0 Å². The molecule has 9 heteroatoms. The van der Waals surface area contributed by atoms with Crippen molar-refractivity contribution in [2.45, 2.75) is 25.9 Å². The molecule has 0 saturated carbocycles. The zero-order chi connectivity index (χ0) is 22.5. The number of halogens is 3. The number of phenols is 1. The summed E-state index contributed by atoms with van der Waals surface area (Å²) in [5.74, 6) is -3.13. The van der Waals surface area contributed by atoms with Crippen LogP contribution in [0.5, 0.6) is 11.5 Å². The first kappa shape index (κ1) is 23.0. The largest absolute Gasteiger partial charge is 0.506 e. The minimum Gasteiger partial charge on any atom is -0.506 e. The zero-order valence-corrected chi connectivity index (χ0v) is 17.6. The molecule has 2 aromatic rings. The van der Waals surface area contributed by atoms with Crippen LogP contribution in [0.15, 0.2) is 30.3 Å². The third-order valence-corrected chi connectivity index (χ3v) is 5.22. The first-order valence-corrected chi connectivity index (χ1v) is 10.2. The number of nitrogens with zero attached hydrogens (tertiary/aromatic N) is 1. The molecule has 166 valence electrons. The highest BCUT2D eigenvalue weighted by Crippen LogP contribution is 2.26. The summed E-state index contributed by atoms with van der Waals surface area (Å²) in [5.41, 5.74) is 0.600. The molecule has 1 amide bonds. The molecule has 1 saturated heterocycles. The Bertz CT molecular complexity index is 961. The maximum absolute atomic E-state index is 14.2. The molecular formula is C22H22ClF2NO5. The molecule has 1 aliphatic rings. The molecule has 1 aliphatic heterocycles. The van der Waals surface area contributed by atoms with Crippen molar-refractivity contribution in [1.82, 2.24) is 4.90 Å². The van der Waals surface area contributed by atoms with Crippen LogP contribution in [-0.4, -0.2) is 54.1 Å². The summed E-state index contributed by atoms with van der Waals surface area (Å²) in [4.78, 5) is 25.8. The van der Waals surface area contributed by atoms with Gasteiger partial charge in [0.2, 0.25) is 5.91 Å². The van der Waals surface area contributed by atoms with Crippen molar-refractivity contribution in [3.8, 4) is 11.5 Å². The Morgan fingerprint density at radius 1 is 1.26 bits per heavy atom. The molecular weight excluding hydrogens is 432 g/mol. The second-order valence-electron chi connectivity index (χ2n) is 7.15. The Hall–Kier alpha value is -2.71. The molecule has 1 fully saturated rings. The Balaban J connectivity index is 1.59. The quantitative estimate of drug-likeness (QED) is 0.646. The first-order chi connectivity index (χ1) is 14.8. The average molecular weight is 454 g/mol. The number of carbonyl (C=O) groups excluding carboxylic acids is 2.